The van der Waals surface area contributed by atoms with Crippen LogP contribution in [0, 0.1) is 0 Å². The van der Waals surface area contributed by atoms with Gasteiger partial charge in [0.25, 0.3) is 5.91 Å². The van der Waals surface area contributed by atoms with Crippen LogP contribution in [0.2, 0.25) is 0 Å². The lowest BCUT2D eigenvalue weighted by atomic mass is 10.1. The van der Waals surface area contributed by atoms with E-state index < -0.39 is 11.9 Å². The van der Waals surface area contributed by atoms with Gasteiger partial charge in [0.1, 0.15) is 17.5 Å². The summed E-state index contributed by atoms with van der Waals surface area (Å²) in [6, 6.07) is 7.54. The number of pyridine rings is 1. The summed E-state index contributed by atoms with van der Waals surface area (Å²) in [5.41, 5.74) is 2.12. The van der Waals surface area contributed by atoms with Crippen LogP contribution in [0.5, 0.6) is 5.75 Å². The molecule has 2 aromatic heterocycles. The Morgan fingerprint density at radius 2 is 2.00 bits per heavy atom. The lowest BCUT2D eigenvalue weighted by molar-refractivity contribution is -0.141. The van der Waals surface area contributed by atoms with Gasteiger partial charge in [0.05, 0.1) is 28.8 Å². The van der Waals surface area contributed by atoms with Crippen LogP contribution in [0.15, 0.2) is 42.0 Å². The highest BCUT2D eigenvalue weighted by Crippen LogP contribution is 2.30. The monoisotopic (exact) mass is 379 g/mol. The lowest BCUT2D eigenvalue weighted by Crippen LogP contribution is -2.56. The molecule has 1 aliphatic rings. The number of ether oxygens (including phenoxy) is 1. The van der Waals surface area contributed by atoms with E-state index in [1.54, 1.807) is 28.6 Å². The third-order valence-corrected chi connectivity index (χ3v) is 4.83. The van der Waals surface area contributed by atoms with Crippen LogP contribution in [-0.2, 0) is 6.18 Å². The van der Waals surface area contributed by atoms with Gasteiger partial charge in [-0.25, -0.2) is 4.98 Å². The van der Waals surface area contributed by atoms with Gasteiger partial charge in [0.15, 0.2) is 0 Å². The number of thiazole rings is 1. The summed E-state index contributed by atoms with van der Waals surface area (Å²) in [5.74, 6) is -0.0404. The molecule has 5 nitrogen and oxygen atoms in total. The fraction of sp³-hybridized carbons (Fsp3) is 0.235. The predicted molar refractivity (Wildman–Crippen MR) is 89.2 cm³/mol. The van der Waals surface area contributed by atoms with Crippen molar-refractivity contribution in [2.24, 2.45) is 0 Å². The SMILES string of the molecule is O=C(c1ccc2ncsc2c1)N1CC(Oc2ccnc(C(F)(F)F)c2)C1. The zero-order chi connectivity index (χ0) is 18.3. The minimum Gasteiger partial charge on any atom is -0.487 e. The van der Waals surface area contributed by atoms with Crippen molar-refractivity contribution in [3.63, 3.8) is 0 Å². The molecule has 0 bridgehead atoms. The van der Waals surface area contributed by atoms with Crippen LogP contribution in [0.1, 0.15) is 16.1 Å². The Bertz CT molecular complexity index is 967. The molecule has 1 aliphatic heterocycles. The van der Waals surface area contributed by atoms with Crippen molar-refractivity contribution >= 4 is 27.5 Å². The maximum Gasteiger partial charge on any atom is 0.433 e. The Kier molecular flexibility index (Phi) is 4.03. The molecule has 3 aromatic rings. The largest absolute Gasteiger partial charge is 0.487 e. The Morgan fingerprint density at radius 1 is 1.19 bits per heavy atom. The van der Waals surface area contributed by atoms with Crippen LogP contribution < -0.4 is 4.74 Å². The van der Waals surface area contributed by atoms with Crippen molar-refractivity contribution < 1.29 is 22.7 Å². The van der Waals surface area contributed by atoms with E-state index in [4.69, 9.17) is 4.74 Å². The summed E-state index contributed by atoms with van der Waals surface area (Å²) in [7, 11) is 0. The number of hydrogen-bond donors (Lipinski definition) is 0. The Labute approximate surface area is 150 Å². The van der Waals surface area contributed by atoms with E-state index in [1.165, 1.54) is 17.4 Å². The Morgan fingerprint density at radius 3 is 2.77 bits per heavy atom. The highest BCUT2D eigenvalue weighted by atomic mass is 32.1. The Hall–Kier alpha value is -2.68. The molecule has 26 heavy (non-hydrogen) atoms. The summed E-state index contributed by atoms with van der Waals surface area (Å²) in [6.45, 7) is 0.645. The molecule has 1 fully saturated rings. The topological polar surface area (TPSA) is 55.3 Å². The molecule has 0 aliphatic carbocycles. The van der Waals surface area contributed by atoms with Crippen LogP contribution in [-0.4, -0.2) is 40.0 Å². The van der Waals surface area contributed by atoms with Gasteiger partial charge in [-0.1, -0.05) is 0 Å². The molecule has 4 rings (SSSR count). The molecular formula is C17H12F3N3O2S. The first-order chi connectivity index (χ1) is 12.4. The van der Waals surface area contributed by atoms with Gasteiger partial charge in [-0.05, 0) is 24.3 Å². The number of likely N-dealkylation sites (tertiary alicyclic amines) is 1. The van der Waals surface area contributed by atoms with Gasteiger partial charge in [-0.3, -0.25) is 9.78 Å². The zero-order valence-electron chi connectivity index (χ0n) is 13.2. The zero-order valence-corrected chi connectivity index (χ0v) is 14.0. The summed E-state index contributed by atoms with van der Waals surface area (Å²) < 4.78 is 44.5. The van der Waals surface area contributed by atoms with Gasteiger partial charge < -0.3 is 9.64 Å². The molecule has 0 unspecified atom stereocenters. The van der Waals surface area contributed by atoms with E-state index in [9.17, 15) is 18.0 Å². The van der Waals surface area contributed by atoms with Gasteiger partial charge >= 0.3 is 6.18 Å². The molecule has 0 spiro atoms. The van der Waals surface area contributed by atoms with Crippen molar-refractivity contribution in [3.05, 3.63) is 53.3 Å². The first kappa shape index (κ1) is 16.8. The molecule has 3 heterocycles. The average molecular weight is 379 g/mol. The second kappa shape index (κ2) is 6.24. The number of rotatable bonds is 3. The van der Waals surface area contributed by atoms with Crippen LogP contribution in [0.25, 0.3) is 10.2 Å². The number of alkyl halides is 3. The fourth-order valence-corrected chi connectivity index (χ4v) is 3.40. The van der Waals surface area contributed by atoms with Gasteiger partial charge in [0, 0.05) is 17.8 Å². The molecular weight excluding hydrogens is 367 g/mol. The van der Waals surface area contributed by atoms with E-state index in [0.717, 1.165) is 22.5 Å². The standard InChI is InChI=1S/C17H12F3N3O2S/c18-17(19,20)15-6-11(3-4-21-15)25-12-7-23(8-12)16(24)10-1-2-13-14(5-10)26-9-22-13/h1-6,9,12H,7-8H2. The minimum absolute atomic E-state index is 0.0931. The molecule has 134 valence electrons. The van der Waals surface area contributed by atoms with E-state index >= 15 is 0 Å². The normalized spacial score (nSPS) is 15.1. The molecule has 0 radical (unpaired) electrons. The molecule has 1 aromatic carbocycles. The van der Waals surface area contributed by atoms with Crippen LogP contribution >= 0.6 is 11.3 Å². The maximum absolute atomic E-state index is 12.7. The number of amides is 1. The second-order valence-corrected chi connectivity index (χ2v) is 6.75. The number of nitrogens with zero attached hydrogens (tertiary/aromatic N) is 3. The van der Waals surface area contributed by atoms with E-state index in [0.29, 0.717) is 18.7 Å². The Balaban J connectivity index is 1.38. The first-order valence-corrected chi connectivity index (χ1v) is 8.60. The minimum atomic E-state index is -4.52. The number of carbonyl (C=O) groups excluding carboxylic acids is 1. The van der Waals surface area contributed by atoms with Crippen molar-refractivity contribution in [1.29, 1.82) is 0 Å². The fourth-order valence-electron chi connectivity index (χ4n) is 2.68. The number of halogens is 3. The molecule has 1 amide bonds. The van der Waals surface area contributed by atoms with E-state index in [-0.39, 0.29) is 17.8 Å². The molecule has 0 N–H and O–H groups in total. The molecule has 9 heteroatoms. The molecule has 0 saturated carbocycles. The second-order valence-electron chi connectivity index (χ2n) is 5.86. The highest BCUT2D eigenvalue weighted by Gasteiger charge is 2.35. The summed E-state index contributed by atoms with van der Waals surface area (Å²) in [5, 5.41) is 0. The third-order valence-electron chi connectivity index (χ3n) is 4.04. The number of aromatic nitrogens is 2. The number of benzene rings is 1. The highest BCUT2D eigenvalue weighted by molar-refractivity contribution is 7.16. The van der Waals surface area contributed by atoms with Crippen molar-refractivity contribution in [1.82, 2.24) is 14.9 Å². The maximum atomic E-state index is 12.7. The van der Waals surface area contributed by atoms with Crippen LogP contribution in [0.4, 0.5) is 13.2 Å². The van der Waals surface area contributed by atoms with E-state index in [2.05, 4.69) is 9.97 Å². The van der Waals surface area contributed by atoms with Gasteiger partial charge in [-0.15, -0.1) is 11.3 Å². The van der Waals surface area contributed by atoms with Crippen molar-refractivity contribution in [3.8, 4) is 5.75 Å². The van der Waals surface area contributed by atoms with Crippen molar-refractivity contribution in [2.75, 3.05) is 13.1 Å². The van der Waals surface area contributed by atoms with Crippen molar-refractivity contribution in [2.45, 2.75) is 12.3 Å². The quantitative estimate of drug-likeness (QED) is 0.698. The summed E-state index contributed by atoms with van der Waals surface area (Å²) in [4.78, 5) is 21.5. The molecule has 1 saturated heterocycles. The van der Waals surface area contributed by atoms with Gasteiger partial charge in [-0.2, -0.15) is 13.2 Å². The molecule has 0 atom stereocenters. The van der Waals surface area contributed by atoms with Crippen LogP contribution in [0.3, 0.4) is 0 Å². The summed E-state index contributed by atoms with van der Waals surface area (Å²) >= 11 is 1.46. The van der Waals surface area contributed by atoms with Gasteiger partial charge in [0.2, 0.25) is 0 Å². The first-order valence-electron chi connectivity index (χ1n) is 7.72. The van der Waals surface area contributed by atoms with E-state index in [1.807, 2.05) is 0 Å². The predicted octanol–water partition coefficient (Wildman–Crippen LogP) is 3.61. The third kappa shape index (κ3) is 3.22. The average Bonchev–Trinajstić information content (AvgIpc) is 3.04. The summed E-state index contributed by atoms with van der Waals surface area (Å²) in [6.07, 6.45) is -3.80. The number of fused-ring (bicyclic) bond motifs is 1. The number of carbonyl (C=O) groups is 1. The smallest absolute Gasteiger partial charge is 0.433 e. The lowest BCUT2D eigenvalue weighted by Gasteiger charge is -2.39. The number of hydrogen-bond acceptors (Lipinski definition) is 5.